The molecule has 0 aromatic carbocycles. The van der Waals surface area contributed by atoms with Crippen molar-refractivity contribution < 1.29 is 9.47 Å². The summed E-state index contributed by atoms with van der Waals surface area (Å²) in [5.41, 5.74) is 5.57. The molecule has 0 heterocycles. The molecular weight excluding hydrogens is 130 g/mol. The summed E-state index contributed by atoms with van der Waals surface area (Å²) in [6.07, 6.45) is 0.951. The zero-order valence-corrected chi connectivity index (χ0v) is 6.80. The van der Waals surface area contributed by atoms with Crippen molar-refractivity contribution in [1.29, 1.82) is 0 Å². The molecule has 0 rings (SSSR count). The Bertz CT molecular complexity index is 68.6. The summed E-state index contributed by atoms with van der Waals surface area (Å²) in [5, 5.41) is 0. The van der Waals surface area contributed by atoms with Crippen molar-refractivity contribution in [3.8, 4) is 0 Å². The van der Waals surface area contributed by atoms with Gasteiger partial charge in [0, 0.05) is 12.6 Å². The van der Waals surface area contributed by atoms with Crippen LogP contribution in [0, 0.1) is 0 Å². The second-order valence-electron chi connectivity index (χ2n) is 2.15. The molecule has 3 heteroatoms. The molecule has 1 atom stereocenters. The van der Waals surface area contributed by atoms with E-state index in [0.29, 0.717) is 20.0 Å². The van der Waals surface area contributed by atoms with E-state index in [0.717, 1.165) is 6.42 Å². The molecule has 0 bridgehead atoms. The van der Waals surface area contributed by atoms with Crippen molar-refractivity contribution in [2.24, 2.45) is 5.73 Å². The number of hydrogen-bond acceptors (Lipinski definition) is 3. The summed E-state index contributed by atoms with van der Waals surface area (Å²) < 4.78 is 10.0. The van der Waals surface area contributed by atoms with Gasteiger partial charge >= 0.3 is 0 Å². The Kier molecular flexibility index (Phi) is 6.91. The van der Waals surface area contributed by atoms with Crippen LogP contribution in [0.1, 0.15) is 20.3 Å². The Labute approximate surface area is 62.5 Å². The SMILES string of the molecule is CCOCOC[C@H](N)CC. The Hall–Kier alpha value is -0.120. The van der Waals surface area contributed by atoms with Gasteiger partial charge in [-0.15, -0.1) is 0 Å². The zero-order valence-electron chi connectivity index (χ0n) is 6.80. The van der Waals surface area contributed by atoms with E-state index in [4.69, 9.17) is 15.2 Å². The van der Waals surface area contributed by atoms with Crippen molar-refractivity contribution in [3.05, 3.63) is 0 Å². The monoisotopic (exact) mass is 147 g/mol. The molecule has 0 aromatic heterocycles. The lowest BCUT2D eigenvalue weighted by atomic mass is 10.3. The fourth-order valence-corrected chi connectivity index (χ4v) is 0.460. The molecule has 62 valence electrons. The van der Waals surface area contributed by atoms with E-state index >= 15 is 0 Å². The topological polar surface area (TPSA) is 44.5 Å². The lowest BCUT2D eigenvalue weighted by molar-refractivity contribution is -0.0533. The van der Waals surface area contributed by atoms with Crippen LogP contribution in [0.4, 0.5) is 0 Å². The fourth-order valence-electron chi connectivity index (χ4n) is 0.460. The molecule has 2 N–H and O–H groups in total. The van der Waals surface area contributed by atoms with Gasteiger partial charge in [0.1, 0.15) is 6.79 Å². The minimum atomic E-state index is 0.153. The summed E-state index contributed by atoms with van der Waals surface area (Å²) in [6.45, 7) is 5.62. The van der Waals surface area contributed by atoms with E-state index in [9.17, 15) is 0 Å². The third-order valence-corrected chi connectivity index (χ3v) is 1.23. The third-order valence-electron chi connectivity index (χ3n) is 1.23. The molecule has 0 radical (unpaired) electrons. The molecule has 0 saturated carbocycles. The van der Waals surface area contributed by atoms with Crippen LogP contribution >= 0.6 is 0 Å². The van der Waals surface area contributed by atoms with Gasteiger partial charge in [-0.05, 0) is 13.3 Å². The van der Waals surface area contributed by atoms with Gasteiger partial charge in [-0.2, -0.15) is 0 Å². The molecule has 10 heavy (non-hydrogen) atoms. The summed E-state index contributed by atoms with van der Waals surface area (Å²) in [6, 6.07) is 0.153. The van der Waals surface area contributed by atoms with E-state index in [1.54, 1.807) is 0 Å². The summed E-state index contributed by atoms with van der Waals surface area (Å²) >= 11 is 0. The van der Waals surface area contributed by atoms with Crippen LogP contribution < -0.4 is 5.73 Å². The second-order valence-corrected chi connectivity index (χ2v) is 2.15. The normalized spacial score (nSPS) is 13.5. The van der Waals surface area contributed by atoms with Crippen molar-refractivity contribution in [2.45, 2.75) is 26.3 Å². The summed E-state index contributed by atoms with van der Waals surface area (Å²) in [7, 11) is 0. The van der Waals surface area contributed by atoms with Crippen LogP contribution in [0.25, 0.3) is 0 Å². The molecule has 3 nitrogen and oxygen atoms in total. The van der Waals surface area contributed by atoms with Gasteiger partial charge in [0.05, 0.1) is 6.61 Å². The highest BCUT2D eigenvalue weighted by Gasteiger charge is 1.96. The van der Waals surface area contributed by atoms with Crippen LogP contribution in [0.15, 0.2) is 0 Å². The highest BCUT2D eigenvalue weighted by Crippen LogP contribution is 1.87. The maximum Gasteiger partial charge on any atom is 0.146 e. The first-order valence-corrected chi connectivity index (χ1v) is 3.72. The first-order valence-electron chi connectivity index (χ1n) is 3.72. The van der Waals surface area contributed by atoms with E-state index in [1.165, 1.54) is 0 Å². The zero-order chi connectivity index (χ0) is 7.82. The highest BCUT2D eigenvalue weighted by atomic mass is 16.7. The molecule has 0 aliphatic rings. The van der Waals surface area contributed by atoms with Gasteiger partial charge in [0.2, 0.25) is 0 Å². The van der Waals surface area contributed by atoms with E-state index in [1.807, 2.05) is 13.8 Å². The Morgan fingerprint density at radius 2 is 2.00 bits per heavy atom. The van der Waals surface area contributed by atoms with E-state index in [-0.39, 0.29) is 6.04 Å². The average Bonchev–Trinajstić information content (AvgIpc) is 1.98. The van der Waals surface area contributed by atoms with Gasteiger partial charge in [-0.25, -0.2) is 0 Å². The van der Waals surface area contributed by atoms with Gasteiger partial charge in [0.15, 0.2) is 0 Å². The Balaban J connectivity index is 2.89. The smallest absolute Gasteiger partial charge is 0.146 e. The molecule has 0 aliphatic carbocycles. The van der Waals surface area contributed by atoms with E-state index < -0.39 is 0 Å². The molecule has 0 saturated heterocycles. The van der Waals surface area contributed by atoms with Crippen molar-refractivity contribution in [3.63, 3.8) is 0 Å². The van der Waals surface area contributed by atoms with Crippen molar-refractivity contribution in [1.82, 2.24) is 0 Å². The largest absolute Gasteiger partial charge is 0.356 e. The predicted octanol–water partition coefficient (Wildman–Crippen LogP) is 0.734. The van der Waals surface area contributed by atoms with E-state index in [2.05, 4.69) is 0 Å². The second kappa shape index (κ2) is 6.99. The molecule has 0 unspecified atom stereocenters. The third kappa shape index (κ3) is 6.01. The molecular formula is C7H17NO2. The van der Waals surface area contributed by atoms with Crippen LogP contribution in [0.5, 0.6) is 0 Å². The summed E-state index contributed by atoms with van der Waals surface area (Å²) in [4.78, 5) is 0. The number of rotatable bonds is 6. The maximum absolute atomic E-state index is 5.57. The molecule has 0 aliphatic heterocycles. The lowest BCUT2D eigenvalue weighted by Crippen LogP contribution is -2.25. The number of nitrogens with two attached hydrogens (primary N) is 1. The van der Waals surface area contributed by atoms with Crippen LogP contribution in [-0.4, -0.2) is 26.0 Å². The van der Waals surface area contributed by atoms with Crippen molar-refractivity contribution >= 4 is 0 Å². The van der Waals surface area contributed by atoms with Crippen LogP contribution in [0.2, 0.25) is 0 Å². The average molecular weight is 147 g/mol. The number of hydrogen-bond donors (Lipinski definition) is 1. The minimum absolute atomic E-state index is 0.153. The standard InChI is InChI=1S/C7H17NO2/c1-3-7(8)5-10-6-9-4-2/h7H,3-6,8H2,1-2H3/t7-/m1/s1. The van der Waals surface area contributed by atoms with Gasteiger partial charge in [-0.3, -0.25) is 0 Å². The lowest BCUT2D eigenvalue weighted by Gasteiger charge is -2.08. The molecule has 0 fully saturated rings. The first kappa shape index (κ1) is 9.88. The quantitative estimate of drug-likeness (QED) is 0.445. The first-order chi connectivity index (χ1) is 4.81. The summed E-state index contributed by atoms with van der Waals surface area (Å²) in [5.74, 6) is 0. The fraction of sp³-hybridized carbons (Fsp3) is 1.00. The van der Waals surface area contributed by atoms with Crippen LogP contribution in [-0.2, 0) is 9.47 Å². The maximum atomic E-state index is 5.57. The predicted molar refractivity (Wildman–Crippen MR) is 40.7 cm³/mol. The van der Waals surface area contributed by atoms with Gasteiger partial charge in [0.25, 0.3) is 0 Å². The Morgan fingerprint density at radius 3 is 2.50 bits per heavy atom. The number of ether oxygens (including phenoxy) is 2. The molecule has 0 amide bonds. The van der Waals surface area contributed by atoms with Crippen molar-refractivity contribution in [2.75, 3.05) is 20.0 Å². The highest BCUT2D eigenvalue weighted by molar-refractivity contribution is 4.53. The molecule has 0 aromatic rings. The Morgan fingerprint density at radius 1 is 1.30 bits per heavy atom. The minimum Gasteiger partial charge on any atom is -0.356 e. The van der Waals surface area contributed by atoms with Gasteiger partial charge < -0.3 is 15.2 Å². The van der Waals surface area contributed by atoms with Gasteiger partial charge in [-0.1, -0.05) is 6.92 Å². The molecule has 0 spiro atoms. The van der Waals surface area contributed by atoms with Crippen LogP contribution in [0.3, 0.4) is 0 Å².